The SMILES string of the molecule is CCOC(=O)/C=C/CNC(C)CCN(C)C. The summed E-state index contributed by atoms with van der Waals surface area (Å²) in [5, 5.41) is 3.31. The van der Waals surface area contributed by atoms with E-state index in [0.717, 1.165) is 13.0 Å². The van der Waals surface area contributed by atoms with Gasteiger partial charge in [0.2, 0.25) is 0 Å². The highest BCUT2D eigenvalue weighted by atomic mass is 16.5. The first-order chi connectivity index (χ1) is 7.56. The van der Waals surface area contributed by atoms with Gasteiger partial charge in [0.25, 0.3) is 0 Å². The molecule has 4 heteroatoms. The average Bonchev–Trinajstić information content (AvgIpc) is 2.22. The van der Waals surface area contributed by atoms with Gasteiger partial charge in [0.05, 0.1) is 6.61 Å². The highest BCUT2D eigenvalue weighted by molar-refractivity contribution is 5.81. The lowest BCUT2D eigenvalue weighted by Crippen LogP contribution is -2.29. The number of hydrogen-bond donors (Lipinski definition) is 1. The van der Waals surface area contributed by atoms with Gasteiger partial charge < -0.3 is 15.0 Å². The second kappa shape index (κ2) is 9.36. The monoisotopic (exact) mass is 228 g/mol. The van der Waals surface area contributed by atoms with Gasteiger partial charge in [-0.15, -0.1) is 0 Å². The fraction of sp³-hybridized carbons (Fsp3) is 0.750. The highest BCUT2D eigenvalue weighted by Crippen LogP contribution is 1.91. The van der Waals surface area contributed by atoms with Crippen molar-refractivity contribution in [2.24, 2.45) is 0 Å². The minimum Gasteiger partial charge on any atom is -0.463 e. The van der Waals surface area contributed by atoms with Gasteiger partial charge in [-0.2, -0.15) is 0 Å². The Labute approximate surface area is 98.6 Å². The summed E-state index contributed by atoms with van der Waals surface area (Å²) in [5.41, 5.74) is 0. The Morgan fingerprint density at radius 2 is 2.19 bits per heavy atom. The molecular formula is C12H24N2O2. The number of nitrogens with one attached hydrogen (secondary N) is 1. The van der Waals surface area contributed by atoms with E-state index in [2.05, 4.69) is 31.2 Å². The van der Waals surface area contributed by atoms with E-state index in [9.17, 15) is 4.79 Å². The molecule has 16 heavy (non-hydrogen) atoms. The first kappa shape index (κ1) is 15.1. The third-order valence-electron chi connectivity index (χ3n) is 2.13. The lowest BCUT2D eigenvalue weighted by atomic mass is 10.2. The van der Waals surface area contributed by atoms with Crippen molar-refractivity contribution >= 4 is 5.97 Å². The molecule has 0 saturated heterocycles. The molecule has 1 atom stereocenters. The number of carbonyl (C=O) groups excluding carboxylic acids is 1. The molecule has 0 fully saturated rings. The van der Waals surface area contributed by atoms with E-state index in [-0.39, 0.29) is 5.97 Å². The van der Waals surface area contributed by atoms with Gasteiger partial charge in [-0.3, -0.25) is 0 Å². The first-order valence-electron chi connectivity index (χ1n) is 5.77. The molecule has 0 aliphatic carbocycles. The summed E-state index contributed by atoms with van der Waals surface area (Å²) in [6, 6.07) is 0.453. The Balaban J connectivity index is 3.53. The van der Waals surface area contributed by atoms with Gasteiger partial charge in [0.1, 0.15) is 0 Å². The molecule has 0 bridgehead atoms. The van der Waals surface area contributed by atoms with E-state index in [0.29, 0.717) is 19.2 Å². The maximum absolute atomic E-state index is 11.0. The van der Waals surface area contributed by atoms with Crippen LogP contribution in [0.3, 0.4) is 0 Å². The zero-order valence-corrected chi connectivity index (χ0v) is 10.8. The van der Waals surface area contributed by atoms with Gasteiger partial charge >= 0.3 is 5.97 Å². The van der Waals surface area contributed by atoms with Crippen molar-refractivity contribution in [3.63, 3.8) is 0 Å². The van der Waals surface area contributed by atoms with Crippen LogP contribution < -0.4 is 5.32 Å². The molecule has 0 aliphatic heterocycles. The lowest BCUT2D eigenvalue weighted by Gasteiger charge is -2.15. The molecule has 0 radical (unpaired) electrons. The Morgan fingerprint density at radius 1 is 1.50 bits per heavy atom. The smallest absolute Gasteiger partial charge is 0.330 e. The predicted molar refractivity (Wildman–Crippen MR) is 66.4 cm³/mol. The van der Waals surface area contributed by atoms with Crippen molar-refractivity contribution in [1.82, 2.24) is 10.2 Å². The van der Waals surface area contributed by atoms with E-state index in [1.165, 1.54) is 6.08 Å². The lowest BCUT2D eigenvalue weighted by molar-refractivity contribution is -0.137. The molecule has 1 unspecified atom stereocenters. The molecule has 0 spiro atoms. The standard InChI is InChI=1S/C12H24N2O2/c1-5-16-12(15)7-6-9-13-11(2)8-10-14(3)4/h6-7,11,13H,5,8-10H2,1-4H3/b7-6+. The average molecular weight is 228 g/mol. The molecule has 0 saturated carbocycles. The van der Waals surface area contributed by atoms with Crippen LogP contribution in [0, 0.1) is 0 Å². The minimum atomic E-state index is -0.273. The third kappa shape index (κ3) is 9.68. The summed E-state index contributed by atoms with van der Waals surface area (Å²) in [5.74, 6) is -0.273. The van der Waals surface area contributed by atoms with E-state index < -0.39 is 0 Å². The van der Waals surface area contributed by atoms with Crippen LogP contribution in [-0.2, 0) is 9.53 Å². The van der Waals surface area contributed by atoms with E-state index in [1.54, 1.807) is 13.0 Å². The van der Waals surface area contributed by atoms with Crippen LogP contribution in [0.15, 0.2) is 12.2 Å². The van der Waals surface area contributed by atoms with E-state index in [4.69, 9.17) is 4.74 Å². The quantitative estimate of drug-likeness (QED) is 0.498. The molecule has 1 N–H and O–H groups in total. The van der Waals surface area contributed by atoms with Crippen molar-refractivity contribution in [3.8, 4) is 0 Å². The number of ether oxygens (including phenoxy) is 1. The Kier molecular flexibility index (Phi) is 8.85. The molecule has 0 heterocycles. The molecule has 0 rings (SSSR count). The second-order valence-corrected chi connectivity index (χ2v) is 4.06. The zero-order valence-electron chi connectivity index (χ0n) is 10.8. The Morgan fingerprint density at radius 3 is 2.75 bits per heavy atom. The predicted octanol–water partition coefficient (Wildman–Crippen LogP) is 1.04. The molecule has 0 aromatic carbocycles. The Hall–Kier alpha value is -0.870. The fourth-order valence-corrected chi connectivity index (χ4v) is 1.17. The number of rotatable bonds is 8. The first-order valence-corrected chi connectivity index (χ1v) is 5.77. The molecule has 0 aromatic rings. The molecule has 0 aliphatic rings. The van der Waals surface area contributed by atoms with Crippen LogP contribution in [0.25, 0.3) is 0 Å². The maximum atomic E-state index is 11.0. The van der Waals surface area contributed by atoms with Gasteiger partial charge in [-0.25, -0.2) is 4.79 Å². The summed E-state index contributed by atoms with van der Waals surface area (Å²) in [7, 11) is 4.13. The number of esters is 1. The number of nitrogens with zero attached hydrogens (tertiary/aromatic N) is 1. The van der Waals surface area contributed by atoms with Gasteiger partial charge in [-0.05, 0) is 40.9 Å². The maximum Gasteiger partial charge on any atom is 0.330 e. The summed E-state index contributed by atoms with van der Waals surface area (Å²) >= 11 is 0. The minimum absolute atomic E-state index is 0.273. The summed E-state index contributed by atoms with van der Waals surface area (Å²) in [6.45, 7) is 6.13. The Bertz CT molecular complexity index is 215. The van der Waals surface area contributed by atoms with E-state index in [1.807, 2.05) is 0 Å². The van der Waals surface area contributed by atoms with Gasteiger partial charge in [0.15, 0.2) is 0 Å². The molecule has 0 amide bonds. The second-order valence-electron chi connectivity index (χ2n) is 4.06. The largest absolute Gasteiger partial charge is 0.463 e. The normalized spacial score (nSPS) is 13.3. The summed E-state index contributed by atoms with van der Waals surface area (Å²) < 4.78 is 4.77. The molecule has 4 nitrogen and oxygen atoms in total. The van der Waals surface area contributed by atoms with Crippen molar-refractivity contribution in [2.75, 3.05) is 33.8 Å². The molecule has 94 valence electrons. The zero-order chi connectivity index (χ0) is 12.4. The van der Waals surface area contributed by atoms with Crippen molar-refractivity contribution < 1.29 is 9.53 Å². The topological polar surface area (TPSA) is 41.6 Å². The van der Waals surface area contributed by atoms with Crippen LogP contribution in [0.1, 0.15) is 20.3 Å². The van der Waals surface area contributed by atoms with Crippen molar-refractivity contribution in [1.29, 1.82) is 0 Å². The number of hydrogen-bond acceptors (Lipinski definition) is 4. The molecular weight excluding hydrogens is 204 g/mol. The molecule has 0 aromatic heterocycles. The van der Waals surface area contributed by atoms with E-state index >= 15 is 0 Å². The van der Waals surface area contributed by atoms with Crippen LogP contribution in [0.5, 0.6) is 0 Å². The third-order valence-corrected chi connectivity index (χ3v) is 2.13. The summed E-state index contributed by atoms with van der Waals surface area (Å²) in [6.07, 6.45) is 4.36. The van der Waals surface area contributed by atoms with Crippen molar-refractivity contribution in [3.05, 3.63) is 12.2 Å². The van der Waals surface area contributed by atoms with Crippen LogP contribution in [0.2, 0.25) is 0 Å². The van der Waals surface area contributed by atoms with Gasteiger partial charge in [-0.1, -0.05) is 6.08 Å². The highest BCUT2D eigenvalue weighted by Gasteiger charge is 2.00. The van der Waals surface area contributed by atoms with Gasteiger partial charge in [0, 0.05) is 18.7 Å². The van der Waals surface area contributed by atoms with Crippen molar-refractivity contribution in [2.45, 2.75) is 26.3 Å². The fourth-order valence-electron chi connectivity index (χ4n) is 1.17. The van der Waals surface area contributed by atoms with Crippen LogP contribution in [0.4, 0.5) is 0 Å². The summed E-state index contributed by atoms with van der Waals surface area (Å²) in [4.78, 5) is 13.1. The van der Waals surface area contributed by atoms with Crippen LogP contribution >= 0.6 is 0 Å². The number of carbonyl (C=O) groups is 1. The van der Waals surface area contributed by atoms with Crippen LogP contribution in [-0.4, -0.2) is 50.7 Å².